The number of rotatable bonds is 5. The van der Waals surface area contributed by atoms with Crippen LogP contribution in [0, 0.1) is 5.92 Å². The van der Waals surface area contributed by atoms with Crippen molar-refractivity contribution in [1.29, 1.82) is 0 Å². The highest BCUT2D eigenvalue weighted by atomic mass is 16.6. The molecule has 2 aliphatic rings. The van der Waals surface area contributed by atoms with Crippen molar-refractivity contribution in [2.24, 2.45) is 5.92 Å². The number of para-hydroxylation sites is 1. The molecular weight excluding hydrogens is 418 g/mol. The molecule has 3 aromatic rings. The molecule has 2 aliphatic heterocycles. The summed E-state index contributed by atoms with van der Waals surface area (Å²) in [5, 5.41) is 0. The monoisotopic (exact) mass is 441 g/mol. The molecule has 0 aromatic heterocycles. The van der Waals surface area contributed by atoms with Crippen molar-refractivity contribution >= 4 is 17.8 Å². The average Bonchev–Trinajstić information content (AvgIpc) is 3.22. The molecule has 0 bridgehead atoms. The van der Waals surface area contributed by atoms with Crippen molar-refractivity contribution in [1.82, 2.24) is 4.90 Å². The predicted octanol–water partition coefficient (Wildman–Crippen LogP) is 4.25. The number of cyclic esters (lactones) is 1. The molecule has 0 N–H and O–H groups in total. The molecule has 1 saturated heterocycles. The molecule has 166 valence electrons. The standard InChI is InChI=1S/C27H23NO5/c29-25-21-13-7-8-14-23(21)32-17-22(25)24(19-11-5-2-6-12-19)26(30)28-20(16-33-27(28)31)15-18-9-3-1-4-10-18/h1-14,20,22,24H,15-17H2/t20-,22?,24-/m1/s1. The van der Waals surface area contributed by atoms with Crippen LogP contribution in [0.5, 0.6) is 5.75 Å². The quantitative estimate of drug-likeness (QED) is 0.592. The highest BCUT2D eigenvalue weighted by Crippen LogP contribution is 2.37. The Morgan fingerprint density at radius 2 is 1.52 bits per heavy atom. The van der Waals surface area contributed by atoms with Gasteiger partial charge in [-0.2, -0.15) is 0 Å². The maximum atomic E-state index is 13.9. The molecule has 1 unspecified atom stereocenters. The summed E-state index contributed by atoms with van der Waals surface area (Å²) in [5.74, 6) is -1.70. The van der Waals surface area contributed by atoms with Gasteiger partial charge in [-0.15, -0.1) is 0 Å². The molecule has 0 aliphatic carbocycles. The van der Waals surface area contributed by atoms with Crippen LogP contribution in [0.1, 0.15) is 27.4 Å². The Balaban J connectivity index is 1.50. The Kier molecular flexibility index (Phi) is 5.65. The molecule has 5 rings (SSSR count). The lowest BCUT2D eigenvalue weighted by molar-refractivity contribution is -0.132. The van der Waals surface area contributed by atoms with Gasteiger partial charge in [0.25, 0.3) is 0 Å². The zero-order chi connectivity index (χ0) is 22.8. The van der Waals surface area contributed by atoms with Gasteiger partial charge in [-0.05, 0) is 29.7 Å². The van der Waals surface area contributed by atoms with E-state index in [0.29, 0.717) is 23.3 Å². The average molecular weight is 441 g/mol. The van der Waals surface area contributed by atoms with Crippen LogP contribution in [-0.2, 0) is 16.0 Å². The van der Waals surface area contributed by atoms with E-state index in [9.17, 15) is 14.4 Å². The molecule has 6 heteroatoms. The van der Waals surface area contributed by atoms with Gasteiger partial charge in [-0.25, -0.2) is 9.69 Å². The van der Waals surface area contributed by atoms with Crippen LogP contribution >= 0.6 is 0 Å². The van der Waals surface area contributed by atoms with Gasteiger partial charge in [0.05, 0.1) is 30.0 Å². The topological polar surface area (TPSA) is 72.9 Å². The van der Waals surface area contributed by atoms with Crippen LogP contribution in [0.15, 0.2) is 84.9 Å². The van der Waals surface area contributed by atoms with Crippen LogP contribution in [0.3, 0.4) is 0 Å². The minimum absolute atomic E-state index is 0.0629. The number of hydrogen-bond donors (Lipinski definition) is 0. The molecule has 0 spiro atoms. The summed E-state index contributed by atoms with van der Waals surface area (Å²) in [4.78, 5) is 41.2. The van der Waals surface area contributed by atoms with E-state index in [-0.39, 0.29) is 19.0 Å². The first-order chi connectivity index (χ1) is 16.1. The van der Waals surface area contributed by atoms with Gasteiger partial charge in [-0.3, -0.25) is 9.59 Å². The molecule has 3 atom stereocenters. The summed E-state index contributed by atoms with van der Waals surface area (Å²) in [6, 6.07) is 25.4. The molecule has 0 radical (unpaired) electrons. The lowest BCUT2D eigenvalue weighted by Crippen LogP contribution is -2.47. The minimum atomic E-state index is -0.865. The Morgan fingerprint density at radius 1 is 0.848 bits per heavy atom. The molecular formula is C27H23NO5. The van der Waals surface area contributed by atoms with Gasteiger partial charge < -0.3 is 9.47 Å². The minimum Gasteiger partial charge on any atom is -0.492 e. The van der Waals surface area contributed by atoms with Crippen molar-refractivity contribution in [3.8, 4) is 5.75 Å². The number of fused-ring (bicyclic) bond motifs is 1. The van der Waals surface area contributed by atoms with E-state index >= 15 is 0 Å². The second kappa shape index (κ2) is 8.90. The Bertz CT molecular complexity index is 1180. The summed E-state index contributed by atoms with van der Waals surface area (Å²) >= 11 is 0. The van der Waals surface area contributed by atoms with Gasteiger partial charge in [-0.1, -0.05) is 72.8 Å². The fourth-order valence-electron chi connectivity index (χ4n) is 4.62. The van der Waals surface area contributed by atoms with E-state index in [1.165, 1.54) is 4.90 Å². The summed E-state index contributed by atoms with van der Waals surface area (Å²) in [6.45, 7) is 0.187. The highest BCUT2D eigenvalue weighted by molar-refractivity contribution is 6.06. The molecule has 3 aromatic carbocycles. The number of imide groups is 1. The number of Topliss-reactive ketones (excluding diaryl/α,β-unsaturated/α-hetero) is 1. The predicted molar refractivity (Wildman–Crippen MR) is 121 cm³/mol. The molecule has 1 fully saturated rings. The number of carbonyl (C=O) groups is 3. The second-order valence-corrected chi connectivity index (χ2v) is 8.29. The van der Waals surface area contributed by atoms with E-state index in [1.807, 2.05) is 60.7 Å². The van der Waals surface area contributed by atoms with Crippen LogP contribution < -0.4 is 4.74 Å². The third-order valence-corrected chi connectivity index (χ3v) is 6.25. The number of hydrogen-bond acceptors (Lipinski definition) is 5. The molecule has 0 saturated carbocycles. The third kappa shape index (κ3) is 4.00. The van der Waals surface area contributed by atoms with Crippen molar-refractivity contribution in [3.05, 3.63) is 102 Å². The van der Waals surface area contributed by atoms with Crippen molar-refractivity contribution in [2.75, 3.05) is 13.2 Å². The van der Waals surface area contributed by atoms with E-state index in [1.54, 1.807) is 24.3 Å². The number of amides is 2. The highest BCUT2D eigenvalue weighted by Gasteiger charge is 2.46. The number of ether oxygens (including phenoxy) is 2. The van der Waals surface area contributed by atoms with Crippen LogP contribution in [0.2, 0.25) is 0 Å². The normalized spacial score (nSPS) is 20.5. The summed E-state index contributed by atoms with van der Waals surface area (Å²) in [5.41, 5.74) is 2.12. The Labute approximate surface area is 191 Å². The molecule has 2 amide bonds. The first kappa shape index (κ1) is 20.9. The summed E-state index contributed by atoms with van der Waals surface area (Å²) in [7, 11) is 0. The maximum Gasteiger partial charge on any atom is 0.417 e. The fourth-order valence-corrected chi connectivity index (χ4v) is 4.62. The van der Waals surface area contributed by atoms with Gasteiger partial charge in [0.1, 0.15) is 12.4 Å². The van der Waals surface area contributed by atoms with Gasteiger partial charge in [0, 0.05) is 0 Å². The maximum absolute atomic E-state index is 13.9. The van der Waals surface area contributed by atoms with E-state index < -0.39 is 29.9 Å². The number of ketones is 1. The smallest absolute Gasteiger partial charge is 0.417 e. The van der Waals surface area contributed by atoms with Crippen molar-refractivity contribution in [2.45, 2.75) is 18.4 Å². The van der Waals surface area contributed by atoms with E-state index in [4.69, 9.17) is 9.47 Å². The fraction of sp³-hybridized carbons (Fsp3) is 0.222. The van der Waals surface area contributed by atoms with E-state index in [2.05, 4.69) is 0 Å². The zero-order valence-corrected chi connectivity index (χ0v) is 17.9. The van der Waals surface area contributed by atoms with Crippen LogP contribution in [0.25, 0.3) is 0 Å². The van der Waals surface area contributed by atoms with Gasteiger partial charge >= 0.3 is 6.09 Å². The second-order valence-electron chi connectivity index (χ2n) is 8.29. The molecule has 33 heavy (non-hydrogen) atoms. The first-order valence-electron chi connectivity index (χ1n) is 11.0. The summed E-state index contributed by atoms with van der Waals surface area (Å²) in [6.07, 6.45) is -0.191. The first-order valence-corrected chi connectivity index (χ1v) is 11.0. The molecule has 6 nitrogen and oxygen atoms in total. The Hall–Kier alpha value is -3.93. The van der Waals surface area contributed by atoms with Gasteiger partial charge in [0.15, 0.2) is 5.78 Å². The lowest BCUT2D eigenvalue weighted by atomic mass is 9.79. The zero-order valence-electron chi connectivity index (χ0n) is 17.9. The number of carbonyl (C=O) groups excluding carboxylic acids is 3. The lowest BCUT2D eigenvalue weighted by Gasteiger charge is -2.32. The number of nitrogens with zero attached hydrogens (tertiary/aromatic N) is 1. The van der Waals surface area contributed by atoms with Gasteiger partial charge in [0.2, 0.25) is 5.91 Å². The van der Waals surface area contributed by atoms with Crippen LogP contribution in [0.4, 0.5) is 4.79 Å². The van der Waals surface area contributed by atoms with E-state index in [0.717, 1.165) is 5.56 Å². The van der Waals surface area contributed by atoms with Crippen molar-refractivity contribution in [3.63, 3.8) is 0 Å². The summed E-state index contributed by atoms with van der Waals surface area (Å²) < 4.78 is 11.1. The van der Waals surface area contributed by atoms with Crippen LogP contribution in [-0.4, -0.2) is 41.9 Å². The molecule has 2 heterocycles. The Morgan fingerprint density at radius 3 is 2.27 bits per heavy atom. The largest absolute Gasteiger partial charge is 0.492 e. The SMILES string of the molecule is O=C1c2ccccc2OCC1[C@H](C(=O)N1C(=O)OC[C@H]1Cc1ccccc1)c1ccccc1. The van der Waals surface area contributed by atoms with Crippen molar-refractivity contribution < 1.29 is 23.9 Å². The number of benzene rings is 3. The third-order valence-electron chi connectivity index (χ3n) is 6.25.